The van der Waals surface area contributed by atoms with Gasteiger partial charge in [0.1, 0.15) is 6.73 Å². The predicted octanol–water partition coefficient (Wildman–Crippen LogP) is 2.25. The van der Waals surface area contributed by atoms with Gasteiger partial charge in [-0.25, -0.2) is 0 Å². The molecule has 1 amide bonds. The fraction of sp³-hybridized carbons (Fsp3) is 0.389. The van der Waals surface area contributed by atoms with E-state index in [9.17, 15) is 4.79 Å². The van der Waals surface area contributed by atoms with Crippen LogP contribution in [0.3, 0.4) is 0 Å². The molecule has 0 fully saturated rings. The number of ether oxygens (including phenoxy) is 1. The van der Waals surface area contributed by atoms with Gasteiger partial charge in [0.2, 0.25) is 5.91 Å². The van der Waals surface area contributed by atoms with E-state index >= 15 is 0 Å². The Bertz CT molecular complexity index is 441. The molecule has 24 heavy (non-hydrogen) atoms. The lowest BCUT2D eigenvalue weighted by molar-refractivity contribution is -0.122. The molecule has 0 saturated carbocycles. The second-order valence-electron chi connectivity index (χ2n) is 4.71. The Labute approximate surface area is 151 Å². The van der Waals surface area contributed by atoms with Crippen molar-refractivity contribution in [2.75, 3.05) is 19.9 Å². The average Bonchev–Trinajstić information content (AvgIpc) is 2.55. The highest BCUT2D eigenvalue weighted by Crippen LogP contribution is 2.10. The Hall–Kier alpha value is -1.76. The molecule has 0 saturated heterocycles. The van der Waals surface area contributed by atoms with Gasteiger partial charge in [-0.15, -0.1) is 13.2 Å². The second-order valence-corrected chi connectivity index (χ2v) is 5.44. The molecule has 5 nitrogen and oxygen atoms in total. The standard InChI is InChI=1S/C14H20N2O2S.C2H7N.C2H4/c1-11(15)9-18-10-16-14(17)8-13(19)7-12-5-3-2-4-6-12;1-2-3;1-2/h2-6,13,19H,1,7-10,15H2,(H,16,17);2-3H2,1H3;1-2H2. The minimum Gasteiger partial charge on any atom is -0.401 e. The van der Waals surface area contributed by atoms with E-state index in [-0.39, 0.29) is 24.5 Å². The molecule has 1 aromatic carbocycles. The molecule has 1 atom stereocenters. The van der Waals surface area contributed by atoms with E-state index in [0.717, 1.165) is 13.0 Å². The topological polar surface area (TPSA) is 90.4 Å². The molecule has 0 heterocycles. The van der Waals surface area contributed by atoms with Crippen LogP contribution in [0.1, 0.15) is 18.9 Å². The number of nitrogens with one attached hydrogen (secondary N) is 1. The van der Waals surface area contributed by atoms with Crippen LogP contribution in [-0.4, -0.2) is 31.0 Å². The van der Waals surface area contributed by atoms with Gasteiger partial charge in [-0.2, -0.15) is 12.6 Å². The molecular weight excluding hydrogens is 322 g/mol. The maximum atomic E-state index is 11.6. The second kappa shape index (κ2) is 17.6. The summed E-state index contributed by atoms with van der Waals surface area (Å²) in [5, 5.41) is 2.64. The van der Waals surface area contributed by atoms with Crippen molar-refractivity contribution in [2.24, 2.45) is 11.5 Å². The van der Waals surface area contributed by atoms with Crippen LogP contribution in [0.5, 0.6) is 0 Å². The summed E-state index contributed by atoms with van der Waals surface area (Å²) in [6.07, 6.45) is 1.11. The Kier molecular flexibility index (Phi) is 18.0. The summed E-state index contributed by atoms with van der Waals surface area (Å²) in [5.74, 6) is -0.0847. The molecule has 0 aromatic heterocycles. The predicted molar refractivity (Wildman–Crippen MR) is 106 cm³/mol. The highest BCUT2D eigenvalue weighted by atomic mass is 32.1. The largest absolute Gasteiger partial charge is 0.401 e. The van der Waals surface area contributed by atoms with Gasteiger partial charge < -0.3 is 21.5 Å². The maximum Gasteiger partial charge on any atom is 0.222 e. The van der Waals surface area contributed by atoms with Gasteiger partial charge in [0, 0.05) is 17.4 Å². The molecule has 0 spiro atoms. The van der Waals surface area contributed by atoms with Gasteiger partial charge in [0.25, 0.3) is 0 Å². The zero-order valence-electron chi connectivity index (χ0n) is 14.5. The van der Waals surface area contributed by atoms with Crippen LogP contribution in [0.4, 0.5) is 0 Å². The van der Waals surface area contributed by atoms with Gasteiger partial charge in [0.15, 0.2) is 0 Å². The first-order chi connectivity index (χ1) is 11.5. The molecule has 5 N–H and O–H groups in total. The van der Waals surface area contributed by atoms with Crippen molar-refractivity contribution in [2.45, 2.75) is 25.0 Å². The minimum atomic E-state index is -0.0847. The number of amides is 1. The fourth-order valence-corrected chi connectivity index (χ4v) is 1.93. The summed E-state index contributed by atoms with van der Waals surface area (Å²) in [7, 11) is 0. The molecule has 0 aliphatic rings. The highest BCUT2D eigenvalue weighted by Gasteiger charge is 2.10. The van der Waals surface area contributed by atoms with Crippen LogP contribution in [0.15, 0.2) is 55.8 Å². The third-order valence-corrected chi connectivity index (χ3v) is 2.76. The number of nitrogens with two attached hydrogens (primary N) is 2. The molecule has 1 rings (SSSR count). The fourth-order valence-electron chi connectivity index (χ4n) is 1.56. The molecule has 6 heteroatoms. The van der Waals surface area contributed by atoms with E-state index in [4.69, 9.17) is 16.2 Å². The Morgan fingerprint density at radius 1 is 1.33 bits per heavy atom. The van der Waals surface area contributed by atoms with Crippen LogP contribution in [0.2, 0.25) is 0 Å². The average molecular weight is 354 g/mol. The molecule has 0 bridgehead atoms. The van der Waals surface area contributed by atoms with Crippen LogP contribution >= 0.6 is 12.6 Å². The zero-order valence-corrected chi connectivity index (χ0v) is 15.4. The van der Waals surface area contributed by atoms with Crippen LogP contribution in [-0.2, 0) is 16.0 Å². The van der Waals surface area contributed by atoms with E-state index in [1.807, 2.05) is 37.3 Å². The normalized spacial score (nSPS) is 10.3. The zero-order chi connectivity index (χ0) is 18.8. The first kappa shape index (κ1) is 24.5. The summed E-state index contributed by atoms with van der Waals surface area (Å²) >= 11 is 4.42. The van der Waals surface area contributed by atoms with E-state index < -0.39 is 0 Å². The molecular formula is C18H31N3O2S. The van der Waals surface area contributed by atoms with Crippen molar-refractivity contribution in [1.82, 2.24) is 5.32 Å². The molecule has 0 aliphatic heterocycles. The first-order valence-electron chi connectivity index (χ1n) is 7.69. The number of carbonyl (C=O) groups excluding carboxylic acids is 1. The summed E-state index contributed by atoms with van der Waals surface area (Å²) in [6, 6.07) is 9.97. The molecule has 1 aromatic rings. The highest BCUT2D eigenvalue weighted by molar-refractivity contribution is 7.81. The molecule has 1 unspecified atom stereocenters. The number of hydrogen-bond donors (Lipinski definition) is 4. The summed E-state index contributed by atoms with van der Waals surface area (Å²) in [4.78, 5) is 11.6. The van der Waals surface area contributed by atoms with Crippen molar-refractivity contribution in [3.63, 3.8) is 0 Å². The van der Waals surface area contributed by atoms with Crippen LogP contribution in [0, 0.1) is 0 Å². The summed E-state index contributed by atoms with van der Waals surface area (Å²) in [5.41, 5.74) is 11.8. The minimum absolute atomic E-state index is 0.00752. The lowest BCUT2D eigenvalue weighted by Gasteiger charge is -2.11. The molecule has 0 aliphatic carbocycles. The van der Waals surface area contributed by atoms with E-state index in [1.165, 1.54) is 5.56 Å². The number of benzene rings is 1. The van der Waals surface area contributed by atoms with Gasteiger partial charge in [-0.1, -0.05) is 43.8 Å². The third kappa shape index (κ3) is 16.6. The quantitative estimate of drug-likeness (QED) is 0.250. The van der Waals surface area contributed by atoms with Crippen molar-refractivity contribution in [3.8, 4) is 0 Å². The monoisotopic (exact) mass is 353 g/mol. The summed E-state index contributed by atoms with van der Waals surface area (Å²) in [6.45, 7) is 12.5. The van der Waals surface area contributed by atoms with Crippen molar-refractivity contribution in [3.05, 3.63) is 61.3 Å². The molecule has 136 valence electrons. The Morgan fingerprint density at radius 3 is 2.38 bits per heavy atom. The van der Waals surface area contributed by atoms with E-state index in [1.54, 1.807) is 0 Å². The number of hydrogen-bond acceptors (Lipinski definition) is 5. The summed E-state index contributed by atoms with van der Waals surface area (Å²) < 4.78 is 5.08. The van der Waals surface area contributed by atoms with Gasteiger partial charge in [0.05, 0.1) is 6.61 Å². The van der Waals surface area contributed by atoms with Gasteiger partial charge in [-0.3, -0.25) is 4.79 Å². The Morgan fingerprint density at radius 2 is 1.88 bits per heavy atom. The lowest BCUT2D eigenvalue weighted by Crippen LogP contribution is -2.29. The number of carbonyl (C=O) groups is 1. The van der Waals surface area contributed by atoms with Crippen molar-refractivity contribution >= 4 is 18.5 Å². The smallest absolute Gasteiger partial charge is 0.222 e. The third-order valence-electron chi connectivity index (χ3n) is 2.39. The Balaban J connectivity index is 0. The SMILES string of the molecule is C=C.C=C(N)COCNC(=O)CC(S)Cc1ccccc1.CCN. The van der Waals surface area contributed by atoms with E-state index in [0.29, 0.717) is 12.1 Å². The molecule has 0 radical (unpaired) electrons. The van der Waals surface area contributed by atoms with Crippen LogP contribution < -0.4 is 16.8 Å². The van der Waals surface area contributed by atoms with E-state index in [2.05, 4.69) is 37.7 Å². The first-order valence-corrected chi connectivity index (χ1v) is 8.21. The van der Waals surface area contributed by atoms with Crippen molar-refractivity contribution < 1.29 is 9.53 Å². The number of rotatable bonds is 8. The van der Waals surface area contributed by atoms with Gasteiger partial charge >= 0.3 is 0 Å². The van der Waals surface area contributed by atoms with Crippen LogP contribution in [0.25, 0.3) is 0 Å². The van der Waals surface area contributed by atoms with Crippen molar-refractivity contribution in [1.29, 1.82) is 0 Å². The maximum absolute atomic E-state index is 11.6. The number of thiol groups is 1. The lowest BCUT2D eigenvalue weighted by atomic mass is 10.1. The van der Waals surface area contributed by atoms with Gasteiger partial charge in [-0.05, 0) is 18.5 Å².